The van der Waals surface area contributed by atoms with Gasteiger partial charge in [0.05, 0.1) is 17.1 Å². The first-order valence-corrected chi connectivity index (χ1v) is 12.0. The van der Waals surface area contributed by atoms with Gasteiger partial charge in [0.15, 0.2) is 0 Å². The SMILES string of the molecule is Cc1nn(Cc2ccc(Cl)cc2)c2sc(C(=O)N3CCC(N4CCCC4)CC3)cc12. The second kappa shape index (κ2) is 8.33. The van der Waals surface area contributed by atoms with E-state index in [9.17, 15) is 4.79 Å². The Hall–Kier alpha value is -1.89. The molecule has 30 heavy (non-hydrogen) atoms. The van der Waals surface area contributed by atoms with Crippen LogP contribution in [0.2, 0.25) is 5.02 Å². The highest BCUT2D eigenvalue weighted by atomic mass is 35.5. The van der Waals surface area contributed by atoms with Crippen LogP contribution in [0, 0.1) is 6.92 Å². The lowest BCUT2D eigenvalue weighted by Gasteiger charge is -2.36. The van der Waals surface area contributed by atoms with Crippen molar-refractivity contribution >= 4 is 39.1 Å². The molecule has 7 heteroatoms. The van der Waals surface area contributed by atoms with Gasteiger partial charge in [-0.2, -0.15) is 5.10 Å². The minimum atomic E-state index is 0.175. The smallest absolute Gasteiger partial charge is 0.264 e. The minimum Gasteiger partial charge on any atom is -0.338 e. The monoisotopic (exact) mass is 442 g/mol. The fourth-order valence-electron chi connectivity index (χ4n) is 4.78. The lowest BCUT2D eigenvalue weighted by atomic mass is 10.0. The zero-order chi connectivity index (χ0) is 20.7. The highest BCUT2D eigenvalue weighted by Crippen LogP contribution is 2.31. The Labute approximate surface area is 186 Å². The van der Waals surface area contributed by atoms with E-state index in [1.807, 2.05) is 46.8 Å². The Bertz CT molecular complexity index is 1040. The average Bonchev–Trinajstić information content (AvgIpc) is 3.49. The molecule has 0 unspecified atom stereocenters. The number of aryl methyl sites for hydroxylation is 1. The second-order valence-electron chi connectivity index (χ2n) is 8.47. The molecule has 0 radical (unpaired) electrons. The molecule has 1 amide bonds. The predicted molar refractivity (Wildman–Crippen MR) is 123 cm³/mol. The zero-order valence-electron chi connectivity index (χ0n) is 17.3. The quantitative estimate of drug-likeness (QED) is 0.582. The average molecular weight is 443 g/mol. The largest absolute Gasteiger partial charge is 0.338 e. The number of carbonyl (C=O) groups excluding carboxylic acids is 1. The Kier molecular flexibility index (Phi) is 5.56. The highest BCUT2D eigenvalue weighted by molar-refractivity contribution is 7.20. The number of amides is 1. The molecule has 2 aromatic heterocycles. The molecule has 0 aliphatic carbocycles. The van der Waals surface area contributed by atoms with E-state index in [4.69, 9.17) is 16.7 Å². The van der Waals surface area contributed by atoms with Crippen LogP contribution in [0.3, 0.4) is 0 Å². The Morgan fingerprint density at radius 3 is 2.53 bits per heavy atom. The van der Waals surface area contributed by atoms with Gasteiger partial charge in [-0.15, -0.1) is 11.3 Å². The van der Waals surface area contributed by atoms with Gasteiger partial charge in [0.1, 0.15) is 4.83 Å². The molecule has 2 saturated heterocycles. The topological polar surface area (TPSA) is 41.4 Å². The molecule has 0 bridgehead atoms. The standard InChI is InChI=1S/C23H27ClN4OS/c1-16-20-14-21(22(29)27-12-8-19(9-13-27)26-10-2-3-11-26)30-23(20)28(25-16)15-17-4-6-18(24)7-5-17/h4-7,14,19H,2-3,8-13,15H2,1H3. The van der Waals surface area contributed by atoms with E-state index in [1.54, 1.807) is 11.3 Å². The summed E-state index contributed by atoms with van der Waals surface area (Å²) in [6.45, 7) is 6.89. The third-order valence-corrected chi connectivity index (χ3v) is 7.86. The number of piperidine rings is 1. The molecule has 2 fully saturated rings. The fraction of sp³-hybridized carbons (Fsp3) is 0.478. The minimum absolute atomic E-state index is 0.175. The second-order valence-corrected chi connectivity index (χ2v) is 9.93. The van der Waals surface area contributed by atoms with Gasteiger partial charge in [-0.1, -0.05) is 23.7 Å². The molecule has 158 valence electrons. The molecule has 5 nitrogen and oxygen atoms in total. The first-order valence-electron chi connectivity index (χ1n) is 10.8. The van der Waals surface area contributed by atoms with Crippen molar-refractivity contribution in [3.8, 4) is 0 Å². The fourth-order valence-corrected chi connectivity index (χ4v) is 6.04. The number of nitrogens with zero attached hydrogens (tertiary/aromatic N) is 4. The number of fused-ring (bicyclic) bond motifs is 1. The van der Waals surface area contributed by atoms with E-state index in [0.29, 0.717) is 12.6 Å². The zero-order valence-corrected chi connectivity index (χ0v) is 18.9. The summed E-state index contributed by atoms with van der Waals surface area (Å²) in [5.74, 6) is 0.175. The molecule has 0 atom stereocenters. The van der Waals surface area contributed by atoms with Gasteiger partial charge in [0.25, 0.3) is 5.91 Å². The number of rotatable bonds is 4. The normalized spacial score (nSPS) is 18.5. The molecule has 2 aliphatic rings. The summed E-state index contributed by atoms with van der Waals surface area (Å²) >= 11 is 7.57. The van der Waals surface area contributed by atoms with Gasteiger partial charge in [-0.3, -0.25) is 9.48 Å². The van der Waals surface area contributed by atoms with Crippen LogP contribution in [0.15, 0.2) is 30.3 Å². The van der Waals surface area contributed by atoms with Gasteiger partial charge < -0.3 is 9.80 Å². The molecule has 0 saturated carbocycles. The molecular weight excluding hydrogens is 416 g/mol. The van der Waals surface area contributed by atoms with Crippen LogP contribution in [-0.2, 0) is 6.54 Å². The number of carbonyl (C=O) groups is 1. The summed E-state index contributed by atoms with van der Waals surface area (Å²) in [6, 6.07) is 10.5. The van der Waals surface area contributed by atoms with Crippen molar-refractivity contribution in [3.63, 3.8) is 0 Å². The van der Waals surface area contributed by atoms with Crippen LogP contribution in [0.25, 0.3) is 10.2 Å². The van der Waals surface area contributed by atoms with E-state index < -0.39 is 0 Å². The van der Waals surface area contributed by atoms with Crippen molar-refractivity contribution in [1.82, 2.24) is 19.6 Å². The molecule has 3 aromatic rings. The molecule has 1 aromatic carbocycles. The van der Waals surface area contributed by atoms with Gasteiger partial charge in [-0.05, 0) is 69.5 Å². The number of benzene rings is 1. The number of hydrogen-bond acceptors (Lipinski definition) is 4. The van der Waals surface area contributed by atoms with Crippen LogP contribution in [0.1, 0.15) is 46.6 Å². The van der Waals surface area contributed by atoms with E-state index in [1.165, 1.54) is 25.9 Å². The molecule has 0 spiro atoms. The Balaban J connectivity index is 1.31. The van der Waals surface area contributed by atoms with Crippen LogP contribution in [0.5, 0.6) is 0 Å². The molecular formula is C23H27ClN4OS. The first-order chi connectivity index (χ1) is 14.6. The molecule has 2 aliphatic heterocycles. The summed E-state index contributed by atoms with van der Waals surface area (Å²) < 4.78 is 2.01. The number of aromatic nitrogens is 2. The lowest BCUT2D eigenvalue weighted by Crippen LogP contribution is -2.45. The van der Waals surface area contributed by atoms with Gasteiger partial charge in [0.2, 0.25) is 0 Å². The van der Waals surface area contributed by atoms with E-state index in [0.717, 1.165) is 57.3 Å². The predicted octanol–water partition coefficient (Wildman–Crippen LogP) is 4.81. The Morgan fingerprint density at radius 2 is 1.83 bits per heavy atom. The summed E-state index contributed by atoms with van der Waals surface area (Å²) in [7, 11) is 0. The third kappa shape index (κ3) is 3.88. The van der Waals surface area contributed by atoms with Crippen LogP contribution in [0.4, 0.5) is 0 Å². The van der Waals surface area contributed by atoms with Crippen molar-refractivity contribution in [3.05, 3.63) is 51.5 Å². The summed E-state index contributed by atoms with van der Waals surface area (Å²) in [4.78, 5) is 19.8. The van der Waals surface area contributed by atoms with Gasteiger partial charge in [0, 0.05) is 29.5 Å². The lowest BCUT2D eigenvalue weighted by molar-refractivity contribution is 0.0649. The molecule has 0 N–H and O–H groups in total. The first kappa shape index (κ1) is 20.0. The highest BCUT2D eigenvalue weighted by Gasteiger charge is 2.29. The van der Waals surface area contributed by atoms with Crippen molar-refractivity contribution in [2.24, 2.45) is 0 Å². The van der Waals surface area contributed by atoms with Crippen LogP contribution in [-0.4, -0.2) is 57.7 Å². The Morgan fingerprint density at radius 1 is 1.13 bits per heavy atom. The maximum Gasteiger partial charge on any atom is 0.264 e. The summed E-state index contributed by atoms with van der Waals surface area (Å²) in [5, 5.41) is 6.52. The summed E-state index contributed by atoms with van der Waals surface area (Å²) in [5.41, 5.74) is 2.12. The van der Waals surface area contributed by atoms with Crippen molar-refractivity contribution in [2.45, 2.75) is 45.2 Å². The number of thiophene rings is 1. The van der Waals surface area contributed by atoms with Crippen molar-refractivity contribution in [1.29, 1.82) is 0 Å². The van der Waals surface area contributed by atoms with Crippen molar-refractivity contribution < 1.29 is 4.79 Å². The third-order valence-electron chi connectivity index (χ3n) is 6.47. The van der Waals surface area contributed by atoms with E-state index in [-0.39, 0.29) is 5.91 Å². The van der Waals surface area contributed by atoms with Crippen LogP contribution < -0.4 is 0 Å². The van der Waals surface area contributed by atoms with Crippen LogP contribution >= 0.6 is 22.9 Å². The van der Waals surface area contributed by atoms with Gasteiger partial charge >= 0.3 is 0 Å². The number of hydrogen-bond donors (Lipinski definition) is 0. The molecule has 5 rings (SSSR count). The summed E-state index contributed by atoms with van der Waals surface area (Å²) in [6.07, 6.45) is 4.85. The number of likely N-dealkylation sites (tertiary alicyclic amines) is 2. The molecule has 4 heterocycles. The maximum atomic E-state index is 13.2. The van der Waals surface area contributed by atoms with E-state index >= 15 is 0 Å². The van der Waals surface area contributed by atoms with Crippen molar-refractivity contribution in [2.75, 3.05) is 26.2 Å². The maximum absolute atomic E-state index is 13.2. The number of halogens is 1. The van der Waals surface area contributed by atoms with E-state index in [2.05, 4.69) is 4.90 Å². The van der Waals surface area contributed by atoms with Gasteiger partial charge in [-0.25, -0.2) is 0 Å².